The highest BCUT2D eigenvalue weighted by Gasteiger charge is 2.17. The van der Waals surface area contributed by atoms with E-state index in [9.17, 15) is 14.9 Å². The number of hydrogen-bond acceptors (Lipinski definition) is 4. The molecule has 0 unspecified atom stereocenters. The number of carbonyl (C=O) groups excluding carboxylic acids is 1. The van der Waals surface area contributed by atoms with Crippen LogP contribution in [0.1, 0.15) is 11.1 Å². The van der Waals surface area contributed by atoms with Crippen LogP contribution in [0.15, 0.2) is 48.5 Å². The SMILES string of the molecule is O=CCc1c(OCc2ccccc2)cccc1[N+](=O)[O-]. The van der Waals surface area contributed by atoms with Crippen LogP contribution >= 0.6 is 0 Å². The fraction of sp³-hybridized carbons (Fsp3) is 0.133. The second kappa shape index (κ2) is 6.47. The molecule has 0 heterocycles. The minimum absolute atomic E-state index is 0.0404. The zero-order valence-electron chi connectivity index (χ0n) is 10.7. The van der Waals surface area contributed by atoms with E-state index >= 15 is 0 Å². The Labute approximate surface area is 116 Å². The first-order valence-electron chi connectivity index (χ1n) is 6.09. The molecule has 20 heavy (non-hydrogen) atoms. The summed E-state index contributed by atoms with van der Waals surface area (Å²) in [6.45, 7) is 0.299. The third kappa shape index (κ3) is 3.20. The molecule has 5 nitrogen and oxygen atoms in total. The second-order valence-electron chi connectivity index (χ2n) is 4.16. The standard InChI is InChI=1S/C15H13NO4/c17-10-9-13-14(16(18)19)7-4-8-15(13)20-11-12-5-2-1-3-6-12/h1-8,10H,9,11H2. The molecule has 0 atom stereocenters. The molecular formula is C15H13NO4. The zero-order chi connectivity index (χ0) is 14.4. The largest absolute Gasteiger partial charge is 0.488 e. The fourth-order valence-electron chi connectivity index (χ4n) is 1.88. The lowest BCUT2D eigenvalue weighted by Crippen LogP contribution is -2.02. The summed E-state index contributed by atoms with van der Waals surface area (Å²) in [4.78, 5) is 21.1. The van der Waals surface area contributed by atoms with Crippen molar-refractivity contribution in [3.8, 4) is 5.75 Å². The summed E-state index contributed by atoms with van der Waals surface area (Å²) in [6.07, 6.45) is 0.596. The predicted octanol–water partition coefficient (Wildman–Crippen LogP) is 2.92. The van der Waals surface area contributed by atoms with Gasteiger partial charge in [-0.1, -0.05) is 36.4 Å². The van der Waals surface area contributed by atoms with Crippen LogP contribution in [0.4, 0.5) is 5.69 Å². The first-order valence-corrected chi connectivity index (χ1v) is 6.09. The summed E-state index contributed by atoms with van der Waals surface area (Å²) >= 11 is 0. The van der Waals surface area contributed by atoms with Gasteiger partial charge in [0.05, 0.1) is 10.5 Å². The molecule has 0 aliphatic heterocycles. The Morgan fingerprint density at radius 3 is 2.50 bits per heavy atom. The minimum atomic E-state index is -0.506. The Morgan fingerprint density at radius 1 is 1.10 bits per heavy atom. The van der Waals surface area contributed by atoms with Crippen molar-refractivity contribution in [2.75, 3.05) is 0 Å². The van der Waals surface area contributed by atoms with E-state index < -0.39 is 4.92 Å². The van der Waals surface area contributed by atoms with Crippen molar-refractivity contribution in [1.82, 2.24) is 0 Å². The van der Waals surface area contributed by atoms with Crippen LogP contribution < -0.4 is 4.74 Å². The number of nitro groups is 1. The topological polar surface area (TPSA) is 69.4 Å². The molecule has 0 spiro atoms. The van der Waals surface area contributed by atoms with Crippen molar-refractivity contribution in [3.63, 3.8) is 0 Å². The highest BCUT2D eigenvalue weighted by atomic mass is 16.6. The first kappa shape index (κ1) is 13.7. The van der Waals surface area contributed by atoms with E-state index in [1.54, 1.807) is 12.1 Å². The molecule has 2 rings (SSSR count). The Hall–Kier alpha value is -2.69. The van der Waals surface area contributed by atoms with Crippen molar-refractivity contribution < 1.29 is 14.5 Å². The predicted molar refractivity (Wildman–Crippen MR) is 73.6 cm³/mol. The maximum absolute atomic E-state index is 11.0. The zero-order valence-corrected chi connectivity index (χ0v) is 10.7. The van der Waals surface area contributed by atoms with E-state index in [-0.39, 0.29) is 12.1 Å². The van der Waals surface area contributed by atoms with Gasteiger partial charge >= 0.3 is 0 Å². The smallest absolute Gasteiger partial charge is 0.276 e. The number of nitrogens with zero attached hydrogens (tertiary/aromatic N) is 1. The van der Waals surface area contributed by atoms with Crippen LogP contribution in [-0.2, 0) is 17.8 Å². The third-order valence-electron chi connectivity index (χ3n) is 2.83. The van der Waals surface area contributed by atoms with Crippen LogP contribution in [0.25, 0.3) is 0 Å². The van der Waals surface area contributed by atoms with E-state index in [2.05, 4.69) is 0 Å². The number of hydrogen-bond donors (Lipinski definition) is 0. The number of carbonyl (C=O) groups is 1. The van der Waals surface area contributed by atoms with Gasteiger partial charge in [0.1, 0.15) is 18.6 Å². The molecule has 0 aliphatic rings. The average Bonchev–Trinajstić information content (AvgIpc) is 2.47. The molecule has 0 saturated carbocycles. The molecular weight excluding hydrogens is 258 g/mol. The van der Waals surface area contributed by atoms with Crippen LogP contribution in [0.5, 0.6) is 5.75 Å². The summed E-state index contributed by atoms with van der Waals surface area (Å²) in [6, 6.07) is 14.0. The Morgan fingerprint density at radius 2 is 1.85 bits per heavy atom. The van der Waals surface area contributed by atoms with Crippen molar-refractivity contribution in [3.05, 3.63) is 69.8 Å². The van der Waals surface area contributed by atoms with Gasteiger partial charge in [-0.2, -0.15) is 0 Å². The lowest BCUT2D eigenvalue weighted by atomic mass is 10.1. The number of ether oxygens (including phenoxy) is 1. The van der Waals surface area contributed by atoms with Crippen molar-refractivity contribution in [2.24, 2.45) is 0 Å². The molecule has 0 radical (unpaired) electrons. The maximum atomic E-state index is 11.0. The third-order valence-corrected chi connectivity index (χ3v) is 2.83. The van der Waals surface area contributed by atoms with Gasteiger partial charge < -0.3 is 9.53 Å². The molecule has 0 aliphatic carbocycles. The summed E-state index contributed by atoms with van der Waals surface area (Å²) < 4.78 is 5.60. The Bertz CT molecular complexity index is 611. The monoisotopic (exact) mass is 271 g/mol. The summed E-state index contributed by atoms with van der Waals surface area (Å²) in [5.74, 6) is 0.371. The maximum Gasteiger partial charge on any atom is 0.276 e. The molecule has 0 aromatic heterocycles. The van der Waals surface area contributed by atoms with E-state index in [0.29, 0.717) is 24.2 Å². The normalized spacial score (nSPS) is 10.0. The summed E-state index contributed by atoms with van der Waals surface area (Å²) in [5.41, 5.74) is 1.17. The molecule has 0 bridgehead atoms. The molecule has 0 saturated heterocycles. The quantitative estimate of drug-likeness (QED) is 0.460. The molecule has 102 valence electrons. The molecule has 0 N–H and O–H groups in total. The highest BCUT2D eigenvalue weighted by molar-refractivity contribution is 5.63. The average molecular weight is 271 g/mol. The van der Waals surface area contributed by atoms with Crippen LogP contribution in [0.2, 0.25) is 0 Å². The lowest BCUT2D eigenvalue weighted by molar-refractivity contribution is -0.385. The van der Waals surface area contributed by atoms with Gasteiger partial charge in [0.25, 0.3) is 5.69 Å². The number of rotatable bonds is 6. The van der Waals surface area contributed by atoms with Crippen LogP contribution in [0.3, 0.4) is 0 Å². The Balaban J connectivity index is 2.24. The highest BCUT2D eigenvalue weighted by Crippen LogP contribution is 2.29. The first-order chi connectivity index (χ1) is 9.72. The van der Waals surface area contributed by atoms with E-state index in [4.69, 9.17) is 4.74 Å². The van der Waals surface area contributed by atoms with Gasteiger partial charge in [-0.3, -0.25) is 10.1 Å². The van der Waals surface area contributed by atoms with Gasteiger partial charge in [-0.15, -0.1) is 0 Å². The second-order valence-corrected chi connectivity index (χ2v) is 4.16. The minimum Gasteiger partial charge on any atom is -0.488 e. The van der Waals surface area contributed by atoms with Gasteiger partial charge in [0.2, 0.25) is 0 Å². The lowest BCUT2D eigenvalue weighted by Gasteiger charge is -2.10. The van der Waals surface area contributed by atoms with E-state index in [1.807, 2.05) is 30.3 Å². The number of benzene rings is 2. The van der Waals surface area contributed by atoms with Crippen LogP contribution in [0, 0.1) is 10.1 Å². The van der Waals surface area contributed by atoms with Gasteiger partial charge in [-0.25, -0.2) is 0 Å². The molecule has 0 fully saturated rings. The van der Waals surface area contributed by atoms with E-state index in [0.717, 1.165) is 5.56 Å². The molecule has 0 amide bonds. The molecule has 2 aromatic carbocycles. The van der Waals surface area contributed by atoms with Gasteiger partial charge in [-0.05, 0) is 11.6 Å². The molecule has 2 aromatic rings. The summed E-state index contributed by atoms with van der Waals surface area (Å²) in [5, 5.41) is 11.0. The van der Waals surface area contributed by atoms with Crippen molar-refractivity contribution in [2.45, 2.75) is 13.0 Å². The van der Waals surface area contributed by atoms with Crippen molar-refractivity contribution in [1.29, 1.82) is 0 Å². The van der Waals surface area contributed by atoms with Crippen molar-refractivity contribution >= 4 is 12.0 Å². The van der Waals surface area contributed by atoms with Crippen LogP contribution in [-0.4, -0.2) is 11.2 Å². The summed E-state index contributed by atoms with van der Waals surface area (Å²) in [7, 11) is 0. The van der Waals surface area contributed by atoms with Gasteiger partial charge in [0, 0.05) is 12.5 Å². The van der Waals surface area contributed by atoms with Gasteiger partial charge in [0.15, 0.2) is 0 Å². The number of nitro benzene ring substituents is 1. The number of aldehydes is 1. The Kier molecular flexibility index (Phi) is 4.44. The fourth-order valence-corrected chi connectivity index (χ4v) is 1.88. The van der Waals surface area contributed by atoms with E-state index in [1.165, 1.54) is 6.07 Å². The molecule has 5 heteroatoms.